The second-order valence-electron chi connectivity index (χ2n) is 11.2. The van der Waals surface area contributed by atoms with Crippen molar-refractivity contribution in [2.45, 2.75) is 50.4 Å². The molecule has 12 heteroatoms. The number of anilines is 4. The second kappa shape index (κ2) is 10.0. The number of halogens is 3. The van der Waals surface area contributed by atoms with Crippen LogP contribution in [0.2, 0.25) is 0 Å². The zero-order valence-electron chi connectivity index (χ0n) is 21.3. The molecule has 4 saturated carbocycles. The summed E-state index contributed by atoms with van der Waals surface area (Å²) in [6.07, 6.45) is 3.60. The van der Waals surface area contributed by atoms with Gasteiger partial charge in [0.05, 0.1) is 6.61 Å². The van der Waals surface area contributed by atoms with Gasteiger partial charge in [0.15, 0.2) is 0 Å². The van der Waals surface area contributed by atoms with Crippen molar-refractivity contribution in [3.63, 3.8) is 0 Å². The molecule has 1 aromatic heterocycles. The number of aromatic nitrogens is 3. The van der Waals surface area contributed by atoms with Crippen molar-refractivity contribution < 1.29 is 23.0 Å². The van der Waals surface area contributed by atoms with Crippen LogP contribution in [0, 0.1) is 17.8 Å². The first kappa shape index (κ1) is 25.4. The highest BCUT2D eigenvalue weighted by atomic mass is 19.4. The fraction of sp³-hybridized carbons (Fsp3) is 0.654. The fourth-order valence-corrected chi connectivity index (χ4v) is 7.51. The molecule has 206 valence electrons. The zero-order valence-corrected chi connectivity index (χ0v) is 21.3. The zero-order chi connectivity index (χ0) is 26.3. The Morgan fingerprint density at radius 3 is 2.08 bits per heavy atom. The quantitative estimate of drug-likeness (QED) is 0.465. The molecule has 5 fully saturated rings. The number of hydrogen-bond acceptors (Lipinski definition) is 9. The molecule has 4 aliphatic carbocycles. The standard InChI is InChI=1S/C26H34F3N7O2/c27-26(28,29)38-21-3-1-20(2-4-21)31-23-32-22(30-5-10-37)33-24(34-23)35-6-8-36(9-7-35)25-14-17-11-18(15-25)13-19(12-17)16-25/h1-4,17-19,37H,5-16H2,(H2,30,31,32,33,34). The maximum atomic E-state index is 12.5. The summed E-state index contributed by atoms with van der Waals surface area (Å²) >= 11 is 0. The summed E-state index contributed by atoms with van der Waals surface area (Å²) in [4.78, 5) is 18.5. The maximum absolute atomic E-state index is 12.5. The van der Waals surface area contributed by atoms with E-state index in [1.165, 1.54) is 62.8 Å². The molecule has 3 N–H and O–H groups in total. The average Bonchev–Trinajstić information content (AvgIpc) is 2.87. The summed E-state index contributed by atoms with van der Waals surface area (Å²) in [6, 6.07) is 5.39. The minimum Gasteiger partial charge on any atom is -0.406 e. The molecule has 5 aliphatic rings. The SMILES string of the molecule is OCCNc1nc(Nc2ccc(OC(F)(F)F)cc2)nc(N2CCN(C34CC5CC(CC(C5)C3)C4)CC2)n1. The van der Waals surface area contributed by atoms with Crippen molar-refractivity contribution in [1.29, 1.82) is 0 Å². The van der Waals surface area contributed by atoms with Crippen molar-refractivity contribution in [2.24, 2.45) is 17.8 Å². The first-order valence-electron chi connectivity index (χ1n) is 13.5. The predicted molar refractivity (Wildman–Crippen MR) is 136 cm³/mol. The van der Waals surface area contributed by atoms with Crippen LogP contribution in [0.15, 0.2) is 24.3 Å². The average molecular weight is 534 g/mol. The van der Waals surface area contributed by atoms with Crippen LogP contribution in [0.5, 0.6) is 5.75 Å². The van der Waals surface area contributed by atoms with E-state index in [0.717, 1.165) is 43.9 Å². The number of benzene rings is 1. The van der Waals surface area contributed by atoms with Gasteiger partial charge in [0.2, 0.25) is 17.8 Å². The first-order valence-corrected chi connectivity index (χ1v) is 13.5. The van der Waals surface area contributed by atoms with Crippen LogP contribution >= 0.6 is 0 Å². The van der Waals surface area contributed by atoms with E-state index in [-0.39, 0.29) is 24.8 Å². The van der Waals surface area contributed by atoms with E-state index >= 15 is 0 Å². The lowest BCUT2D eigenvalue weighted by Gasteiger charge is -2.61. The van der Waals surface area contributed by atoms with E-state index < -0.39 is 6.36 Å². The van der Waals surface area contributed by atoms with Crippen LogP contribution in [0.3, 0.4) is 0 Å². The Labute approximate surface area is 219 Å². The molecule has 1 saturated heterocycles. The van der Waals surface area contributed by atoms with Crippen LogP contribution in [-0.4, -0.2) is 76.2 Å². The molecule has 0 spiro atoms. The lowest BCUT2D eigenvalue weighted by atomic mass is 9.52. The summed E-state index contributed by atoms with van der Waals surface area (Å²) in [5.74, 6) is 3.55. The summed E-state index contributed by atoms with van der Waals surface area (Å²) in [7, 11) is 0. The van der Waals surface area contributed by atoms with E-state index in [2.05, 4.69) is 40.1 Å². The number of rotatable bonds is 8. The van der Waals surface area contributed by atoms with Crippen LogP contribution < -0.4 is 20.3 Å². The largest absolute Gasteiger partial charge is 0.573 e. The number of nitrogens with zero attached hydrogens (tertiary/aromatic N) is 5. The molecule has 1 aliphatic heterocycles. The van der Waals surface area contributed by atoms with Crippen LogP contribution in [0.25, 0.3) is 0 Å². The molecule has 1 aromatic carbocycles. The van der Waals surface area contributed by atoms with Crippen LogP contribution in [0.1, 0.15) is 38.5 Å². The van der Waals surface area contributed by atoms with Gasteiger partial charge in [-0.2, -0.15) is 15.0 Å². The van der Waals surface area contributed by atoms with Crippen LogP contribution in [0.4, 0.5) is 36.7 Å². The van der Waals surface area contributed by atoms with Gasteiger partial charge in [-0.3, -0.25) is 4.90 Å². The summed E-state index contributed by atoms with van der Waals surface area (Å²) in [5, 5.41) is 15.3. The predicted octanol–water partition coefficient (Wildman–Crippen LogP) is 4.01. The Hall–Kier alpha value is -2.86. The molecule has 0 radical (unpaired) electrons. The lowest BCUT2D eigenvalue weighted by Crippen LogP contribution is -2.64. The van der Waals surface area contributed by atoms with Gasteiger partial charge in [0, 0.05) is 44.0 Å². The third-order valence-corrected chi connectivity index (χ3v) is 8.60. The molecule has 4 bridgehead atoms. The molecule has 9 nitrogen and oxygen atoms in total. The maximum Gasteiger partial charge on any atom is 0.573 e. The lowest BCUT2D eigenvalue weighted by molar-refractivity contribution is -0.274. The molecule has 38 heavy (non-hydrogen) atoms. The summed E-state index contributed by atoms with van der Waals surface area (Å²) < 4.78 is 41.3. The number of ether oxygens (including phenoxy) is 1. The molecule has 0 unspecified atom stereocenters. The van der Waals surface area contributed by atoms with Gasteiger partial charge in [0.1, 0.15) is 5.75 Å². The van der Waals surface area contributed by atoms with Crippen molar-refractivity contribution in [3.05, 3.63) is 24.3 Å². The third-order valence-electron chi connectivity index (χ3n) is 8.60. The minimum absolute atomic E-state index is 0.0752. The minimum atomic E-state index is -4.74. The number of hydrogen-bond donors (Lipinski definition) is 3. The molecule has 7 rings (SSSR count). The summed E-state index contributed by atoms with van der Waals surface area (Å²) in [6.45, 7) is 3.78. The number of piperazine rings is 1. The topological polar surface area (TPSA) is 98.7 Å². The Morgan fingerprint density at radius 1 is 0.895 bits per heavy atom. The number of aliphatic hydroxyl groups is 1. The molecular formula is C26H34F3N7O2. The van der Waals surface area contributed by atoms with E-state index in [0.29, 0.717) is 23.1 Å². The van der Waals surface area contributed by atoms with E-state index in [1.807, 2.05) is 0 Å². The summed E-state index contributed by atoms with van der Waals surface area (Å²) in [5.41, 5.74) is 0.888. The van der Waals surface area contributed by atoms with Gasteiger partial charge in [-0.1, -0.05) is 0 Å². The van der Waals surface area contributed by atoms with E-state index in [4.69, 9.17) is 0 Å². The second-order valence-corrected chi connectivity index (χ2v) is 11.2. The number of aliphatic hydroxyl groups excluding tert-OH is 1. The monoisotopic (exact) mass is 533 g/mol. The van der Waals surface area contributed by atoms with E-state index in [9.17, 15) is 18.3 Å². The molecule has 2 aromatic rings. The molecule has 0 atom stereocenters. The Bertz CT molecular complexity index is 1090. The van der Waals surface area contributed by atoms with Crippen molar-refractivity contribution in [2.75, 3.05) is 54.9 Å². The van der Waals surface area contributed by atoms with Crippen molar-refractivity contribution in [3.8, 4) is 5.75 Å². The molecule has 0 amide bonds. The Morgan fingerprint density at radius 2 is 1.50 bits per heavy atom. The third kappa shape index (κ3) is 5.47. The van der Waals surface area contributed by atoms with Crippen molar-refractivity contribution >= 4 is 23.5 Å². The molecular weight excluding hydrogens is 499 g/mol. The van der Waals surface area contributed by atoms with Gasteiger partial charge in [0.25, 0.3) is 0 Å². The smallest absolute Gasteiger partial charge is 0.406 e. The van der Waals surface area contributed by atoms with Crippen molar-refractivity contribution in [1.82, 2.24) is 19.9 Å². The first-order chi connectivity index (χ1) is 18.3. The Balaban J connectivity index is 1.15. The van der Waals surface area contributed by atoms with Gasteiger partial charge in [-0.15, -0.1) is 13.2 Å². The number of nitrogens with one attached hydrogen (secondary N) is 2. The van der Waals surface area contributed by atoms with Gasteiger partial charge in [-0.05, 0) is 80.5 Å². The van der Waals surface area contributed by atoms with E-state index in [1.54, 1.807) is 0 Å². The molecule has 2 heterocycles. The highest BCUT2D eigenvalue weighted by Gasteiger charge is 2.53. The van der Waals surface area contributed by atoms with Gasteiger partial charge < -0.3 is 25.4 Å². The highest BCUT2D eigenvalue weighted by Crippen LogP contribution is 2.57. The number of alkyl halides is 3. The van der Waals surface area contributed by atoms with Gasteiger partial charge >= 0.3 is 6.36 Å². The highest BCUT2D eigenvalue weighted by molar-refractivity contribution is 5.57. The normalized spacial score (nSPS) is 28.9. The Kier molecular flexibility index (Phi) is 6.71. The van der Waals surface area contributed by atoms with Crippen LogP contribution in [-0.2, 0) is 0 Å². The fourth-order valence-electron chi connectivity index (χ4n) is 7.51. The van der Waals surface area contributed by atoms with Gasteiger partial charge in [-0.25, -0.2) is 0 Å².